The SMILES string of the molecule is CC(C)(C)NCC(=O)c1ccc(NS(=O)(=O)NC(C)(C)C)cc1. The highest BCUT2D eigenvalue weighted by Gasteiger charge is 2.19. The van der Waals surface area contributed by atoms with E-state index in [-0.39, 0.29) is 17.9 Å². The number of carbonyl (C=O) groups excluding carboxylic acids is 1. The Morgan fingerprint density at radius 3 is 1.91 bits per heavy atom. The van der Waals surface area contributed by atoms with E-state index in [9.17, 15) is 13.2 Å². The molecule has 1 aromatic carbocycles. The molecule has 0 bridgehead atoms. The van der Waals surface area contributed by atoms with Crippen LogP contribution in [0.15, 0.2) is 24.3 Å². The highest BCUT2D eigenvalue weighted by molar-refractivity contribution is 7.90. The number of hydrogen-bond donors (Lipinski definition) is 3. The van der Waals surface area contributed by atoms with E-state index in [2.05, 4.69) is 14.8 Å². The van der Waals surface area contributed by atoms with E-state index >= 15 is 0 Å². The van der Waals surface area contributed by atoms with Crippen molar-refractivity contribution in [3.63, 3.8) is 0 Å². The zero-order chi connectivity index (χ0) is 17.9. The topological polar surface area (TPSA) is 87.3 Å². The van der Waals surface area contributed by atoms with Crippen molar-refractivity contribution in [2.75, 3.05) is 11.3 Å². The largest absolute Gasteiger partial charge is 0.305 e. The van der Waals surface area contributed by atoms with Gasteiger partial charge in [-0.2, -0.15) is 13.1 Å². The van der Waals surface area contributed by atoms with Gasteiger partial charge in [0.25, 0.3) is 10.2 Å². The first-order chi connectivity index (χ1) is 10.3. The molecule has 3 N–H and O–H groups in total. The Hall–Kier alpha value is -1.44. The van der Waals surface area contributed by atoms with E-state index in [1.807, 2.05) is 20.8 Å². The van der Waals surface area contributed by atoms with E-state index < -0.39 is 15.7 Å². The third-order valence-electron chi connectivity index (χ3n) is 2.68. The van der Waals surface area contributed by atoms with Crippen LogP contribution in [0.1, 0.15) is 51.9 Å². The Bertz CT molecular complexity index is 639. The molecule has 1 rings (SSSR count). The summed E-state index contributed by atoms with van der Waals surface area (Å²) in [7, 11) is -3.65. The molecule has 0 heterocycles. The van der Waals surface area contributed by atoms with Gasteiger partial charge in [0.15, 0.2) is 5.78 Å². The number of anilines is 1. The Morgan fingerprint density at radius 2 is 1.48 bits per heavy atom. The predicted molar refractivity (Wildman–Crippen MR) is 94.0 cm³/mol. The fourth-order valence-electron chi connectivity index (χ4n) is 1.76. The van der Waals surface area contributed by atoms with Crippen LogP contribution in [0.3, 0.4) is 0 Å². The average molecular weight is 341 g/mol. The second kappa shape index (κ2) is 6.98. The molecular formula is C16H27N3O3S. The van der Waals surface area contributed by atoms with Gasteiger partial charge >= 0.3 is 0 Å². The molecule has 0 saturated heterocycles. The zero-order valence-electron chi connectivity index (χ0n) is 14.6. The molecule has 0 saturated carbocycles. The lowest BCUT2D eigenvalue weighted by Crippen LogP contribution is -2.43. The summed E-state index contributed by atoms with van der Waals surface area (Å²) in [5.74, 6) is -0.0397. The van der Waals surface area contributed by atoms with Crippen molar-refractivity contribution < 1.29 is 13.2 Å². The summed E-state index contributed by atoms with van der Waals surface area (Å²) >= 11 is 0. The fraction of sp³-hybridized carbons (Fsp3) is 0.562. The minimum atomic E-state index is -3.65. The van der Waals surface area contributed by atoms with Crippen molar-refractivity contribution in [2.24, 2.45) is 0 Å². The smallest absolute Gasteiger partial charge is 0.299 e. The average Bonchev–Trinajstić information content (AvgIpc) is 2.32. The van der Waals surface area contributed by atoms with Crippen LogP contribution in [0.25, 0.3) is 0 Å². The molecule has 0 atom stereocenters. The number of hydrogen-bond acceptors (Lipinski definition) is 4. The van der Waals surface area contributed by atoms with Gasteiger partial charge in [0, 0.05) is 22.3 Å². The van der Waals surface area contributed by atoms with Crippen LogP contribution in [0.5, 0.6) is 0 Å². The van der Waals surface area contributed by atoms with Gasteiger partial charge in [0.1, 0.15) is 0 Å². The van der Waals surface area contributed by atoms with Crippen molar-refractivity contribution in [1.29, 1.82) is 0 Å². The highest BCUT2D eigenvalue weighted by atomic mass is 32.2. The monoisotopic (exact) mass is 341 g/mol. The molecule has 0 spiro atoms. The minimum absolute atomic E-state index is 0.0397. The minimum Gasteiger partial charge on any atom is -0.305 e. The van der Waals surface area contributed by atoms with Gasteiger partial charge in [-0.15, -0.1) is 0 Å². The first-order valence-electron chi connectivity index (χ1n) is 7.47. The molecule has 0 amide bonds. The standard InChI is InChI=1S/C16H27N3O3S/c1-15(2,3)17-11-14(20)12-7-9-13(10-8-12)18-23(21,22)19-16(4,5)6/h7-10,17-19H,11H2,1-6H3. The van der Waals surface area contributed by atoms with Crippen molar-refractivity contribution in [1.82, 2.24) is 10.0 Å². The molecule has 0 aromatic heterocycles. The summed E-state index contributed by atoms with van der Waals surface area (Å²) < 4.78 is 28.8. The number of Topliss-reactive ketones (excluding diaryl/α,β-unsaturated/α-hetero) is 1. The molecule has 0 aliphatic rings. The van der Waals surface area contributed by atoms with Gasteiger partial charge in [0.05, 0.1) is 6.54 Å². The molecule has 0 aliphatic carbocycles. The molecule has 130 valence electrons. The fourth-order valence-corrected chi connectivity index (χ4v) is 3.06. The molecule has 6 nitrogen and oxygen atoms in total. The van der Waals surface area contributed by atoms with Crippen LogP contribution in [-0.2, 0) is 10.2 Å². The van der Waals surface area contributed by atoms with E-state index in [4.69, 9.17) is 0 Å². The number of nitrogens with one attached hydrogen (secondary N) is 3. The lowest BCUT2D eigenvalue weighted by molar-refractivity contribution is 0.0982. The van der Waals surface area contributed by atoms with Gasteiger partial charge in [-0.25, -0.2) is 0 Å². The summed E-state index contributed by atoms with van der Waals surface area (Å²) in [4.78, 5) is 12.1. The van der Waals surface area contributed by atoms with Crippen LogP contribution >= 0.6 is 0 Å². The summed E-state index contributed by atoms with van der Waals surface area (Å²) in [6.07, 6.45) is 0. The van der Waals surface area contributed by atoms with Gasteiger partial charge < -0.3 is 5.32 Å². The van der Waals surface area contributed by atoms with Crippen LogP contribution in [-0.4, -0.2) is 31.8 Å². The van der Waals surface area contributed by atoms with Gasteiger partial charge in [-0.05, 0) is 65.8 Å². The van der Waals surface area contributed by atoms with Crippen LogP contribution < -0.4 is 14.8 Å². The van der Waals surface area contributed by atoms with E-state index in [1.54, 1.807) is 45.0 Å². The van der Waals surface area contributed by atoms with Crippen LogP contribution in [0.2, 0.25) is 0 Å². The van der Waals surface area contributed by atoms with Gasteiger partial charge in [0.2, 0.25) is 0 Å². The maximum absolute atomic E-state index is 12.1. The lowest BCUT2D eigenvalue weighted by atomic mass is 10.1. The molecule has 0 unspecified atom stereocenters. The third kappa shape index (κ3) is 8.11. The Morgan fingerprint density at radius 1 is 0.957 bits per heavy atom. The maximum atomic E-state index is 12.1. The molecule has 0 fully saturated rings. The van der Waals surface area contributed by atoms with E-state index in [0.29, 0.717) is 11.3 Å². The number of rotatable bonds is 6. The first-order valence-corrected chi connectivity index (χ1v) is 8.96. The summed E-state index contributed by atoms with van der Waals surface area (Å²) in [6.45, 7) is 11.5. The number of ketones is 1. The second-order valence-corrected chi connectivity index (χ2v) is 8.98. The number of benzene rings is 1. The second-order valence-electron chi connectivity index (χ2n) is 7.56. The summed E-state index contributed by atoms with van der Waals surface area (Å²) in [6, 6.07) is 6.38. The Kier molecular flexibility index (Phi) is 5.95. The Labute approximate surface area is 139 Å². The number of carbonyl (C=O) groups is 1. The first kappa shape index (κ1) is 19.6. The predicted octanol–water partition coefficient (Wildman–Crippen LogP) is 2.30. The normalized spacial score (nSPS) is 13.0. The van der Waals surface area contributed by atoms with E-state index in [1.165, 1.54) is 0 Å². The maximum Gasteiger partial charge on any atom is 0.299 e. The highest BCUT2D eigenvalue weighted by Crippen LogP contribution is 2.13. The quantitative estimate of drug-likeness (QED) is 0.693. The molecule has 7 heteroatoms. The summed E-state index contributed by atoms with van der Waals surface area (Å²) in [5.41, 5.74) is 0.236. The van der Waals surface area contributed by atoms with Gasteiger partial charge in [-0.3, -0.25) is 9.52 Å². The summed E-state index contributed by atoms with van der Waals surface area (Å²) in [5, 5.41) is 3.13. The zero-order valence-corrected chi connectivity index (χ0v) is 15.5. The van der Waals surface area contributed by atoms with Crippen LogP contribution in [0.4, 0.5) is 5.69 Å². The molecule has 0 aliphatic heterocycles. The lowest BCUT2D eigenvalue weighted by Gasteiger charge is -2.21. The van der Waals surface area contributed by atoms with Crippen molar-refractivity contribution in [2.45, 2.75) is 52.6 Å². The molecular weight excluding hydrogens is 314 g/mol. The molecule has 23 heavy (non-hydrogen) atoms. The molecule has 0 radical (unpaired) electrons. The van der Waals surface area contributed by atoms with Gasteiger partial charge in [-0.1, -0.05) is 0 Å². The van der Waals surface area contributed by atoms with E-state index in [0.717, 1.165) is 0 Å². The van der Waals surface area contributed by atoms with Crippen molar-refractivity contribution in [3.8, 4) is 0 Å². The van der Waals surface area contributed by atoms with Crippen LogP contribution in [0, 0.1) is 0 Å². The third-order valence-corrected chi connectivity index (χ3v) is 4.06. The van der Waals surface area contributed by atoms with Crippen molar-refractivity contribution in [3.05, 3.63) is 29.8 Å². The molecule has 1 aromatic rings. The Balaban J connectivity index is 2.72. The van der Waals surface area contributed by atoms with Crippen molar-refractivity contribution >= 4 is 21.7 Å².